The zero-order valence-corrected chi connectivity index (χ0v) is 14.3. The summed E-state index contributed by atoms with van der Waals surface area (Å²) in [4.78, 5) is 35.0. The van der Waals surface area contributed by atoms with Crippen molar-refractivity contribution in [3.05, 3.63) is 66.7 Å². The molecule has 0 atom stereocenters. The molecule has 0 heterocycles. The molecule has 134 valence electrons. The minimum atomic E-state index is -0.435. The number of ketones is 1. The van der Waals surface area contributed by atoms with Crippen molar-refractivity contribution in [2.75, 3.05) is 22.5 Å². The Morgan fingerprint density at radius 2 is 1.46 bits per heavy atom. The van der Waals surface area contributed by atoms with Crippen LogP contribution >= 0.6 is 0 Å². The van der Waals surface area contributed by atoms with Gasteiger partial charge in [0.15, 0.2) is 5.78 Å². The molecule has 0 aliphatic carbocycles. The number of rotatable bonds is 6. The summed E-state index contributed by atoms with van der Waals surface area (Å²) in [6, 6.07) is 12.6. The third-order valence-corrected chi connectivity index (χ3v) is 3.33. The van der Waals surface area contributed by atoms with Gasteiger partial charge in [0, 0.05) is 29.2 Å². The van der Waals surface area contributed by atoms with Gasteiger partial charge in [-0.3, -0.25) is 4.79 Å². The van der Waals surface area contributed by atoms with E-state index >= 15 is 0 Å². The predicted octanol–water partition coefficient (Wildman–Crippen LogP) is 3.84. The van der Waals surface area contributed by atoms with Crippen LogP contribution in [0.2, 0.25) is 0 Å². The van der Waals surface area contributed by atoms with Crippen LogP contribution < -0.4 is 21.3 Å². The van der Waals surface area contributed by atoms with Crippen LogP contribution in [0.5, 0.6) is 0 Å². The molecular formula is C19H20N4O3. The van der Waals surface area contributed by atoms with Gasteiger partial charge >= 0.3 is 12.1 Å². The molecule has 0 bridgehead atoms. The number of carbonyl (C=O) groups is 3. The summed E-state index contributed by atoms with van der Waals surface area (Å²) in [6.45, 7) is 5.35. The maximum atomic E-state index is 12.0. The van der Waals surface area contributed by atoms with Gasteiger partial charge in [0.05, 0.1) is 0 Å². The molecule has 0 aromatic heterocycles. The molecule has 0 aliphatic heterocycles. The highest BCUT2D eigenvalue weighted by atomic mass is 16.2. The lowest BCUT2D eigenvalue weighted by molar-refractivity contribution is 0.101. The molecule has 7 heteroatoms. The van der Waals surface area contributed by atoms with E-state index in [9.17, 15) is 14.4 Å². The second-order valence-electron chi connectivity index (χ2n) is 5.42. The summed E-state index contributed by atoms with van der Waals surface area (Å²) in [5.41, 5.74) is 2.19. The smallest absolute Gasteiger partial charge is 0.323 e. The summed E-state index contributed by atoms with van der Waals surface area (Å²) in [5, 5.41) is 10.6. The molecule has 2 aromatic carbocycles. The van der Waals surface area contributed by atoms with E-state index in [1.165, 1.54) is 6.92 Å². The van der Waals surface area contributed by atoms with E-state index in [1.807, 2.05) is 0 Å². The third kappa shape index (κ3) is 5.79. The Morgan fingerprint density at radius 1 is 0.885 bits per heavy atom. The predicted molar refractivity (Wildman–Crippen MR) is 103 cm³/mol. The summed E-state index contributed by atoms with van der Waals surface area (Å²) in [7, 11) is 0. The zero-order valence-electron chi connectivity index (χ0n) is 14.3. The van der Waals surface area contributed by atoms with Gasteiger partial charge in [-0.05, 0) is 43.3 Å². The van der Waals surface area contributed by atoms with Crippen LogP contribution in [-0.4, -0.2) is 24.4 Å². The fraction of sp³-hybridized carbons (Fsp3) is 0.105. The van der Waals surface area contributed by atoms with Gasteiger partial charge < -0.3 is 21.3 Å². The molecular weight excluding hydrogens is 332 g/mol. The number of nitrogens with one attached hydrogen (secondary N) is 4. The van der Waals surface area contributed by atoms with Crippen molar-refractivity contribution in [2.45, 2.75) is 6.92 Å². The SMILES string of the molecule is C=CCNC(=O)Nc1ccc(NC(=O)Nc2cccc(C(C)=O)c2)cc1. The molecule has 0 saturated heterocycles. The standard InChI is InChI=1S/C19H20N4O3/c1-3-11-20-18(25)21-15-7-9-16(10-8-15)22-19(26)23-17-6-4-5-14(12-17)13(2)24/h3-10,12H,1,11H2,2H3,(H2,20,21,25)(H2,22,23,26). The van der Waals surface area contributed by atoms with Gasteiger partial charge in [0.2, 0.25) is 0 Å². The number of Topliss-reactive ketones (excluding diaryl/α,β-unsaturated/α-hetero) is 1. The van der Waals surface area contributed by atoms with Crippen LogP contribution in [0.25, 0.3) is 0 Å². The Morgan fingerprint density at radius 3 is 2.04 bits per heavy atom. The van der Waals surface area contributed by atoms with Gasteiger partial charge in [-0.2, -0.15) is 0 Å². The third-order valence-electron chi connectivity index (χ3n) is 3.33. The minimum absolute atomic E-state index is 0.0747. The number of hydrogen-bond acceptors (Lipinski definition) is 3. The maximum absolute atomic E-state index is 12.0. The van der Waals surface area contributed by atoms with E-state index in [0.717, 1.165) is 0 Å². The Labute approximate surface area is 151 Å². The van der Waals surface area contributed by atoms with Crippen LogP contribution in [0, 0.1) is 0 Å². The van der Waals surface area contributed by atoms with E-state index in [4.69, 9.17) is 0 Å². The van der Waals surface area contributed by atoms with Crippen molar-refractivity contribution in [2.24, 2.45) is 0 Å². The van der Waals surface area contributed by atoms with Crippen LogP contribution in [-0.2, 0) is 0 Å². The summed E-state index contributed by atoms with van der Waals surface area (Å²) in [6.07, 6.45) is 1.58. The van der Waals surface area contributed by atoms with Gasteiger partial charge in [-0.1, -0.05) is 18.2 Å². The molecule has 0 spiro atoms. The number of hydrogen-bond donors (Lipinski definition) is 4. The average Bonchev–Trinajstić information content (AvgIpc) is 2.61. The van der Waals surface area contributed by atoms with E-state index in [-0.39, 0.29) is 11.8 Å². The van der Waals surface area contributed by atoms with Gasteiger partial charge in [-0.25, -0.2) is 9.59 Å². The zero-order chi connectivity index (χ0) is 18.9. The topological polar surface area (TPSA) is 99.3 Å². The fourth-order valence-corrected chi connectivity index (χ4v) is 2.09. The largest absolute Gasteiger partial charge is 0.334 e. The Hall–Kier alpha value is -3.61. The van der Waals surface area contributed by atoms with Crippen molar-refractivity contribution in [1.82, 2.24) is 5.32 Å². The Bertz CT molecular complexity index is 816. The second-order valence-corrected chi connectivity index (χ2v) is 5.42. The van der Waals surface area contributed by atoms with Gasteiger partial charge in [0.1, 0.15) is 0 Å². The molecule has 0 radical (unpaired) electrons. The van der Waals surface area contributed by atoms with Gasteiger partial charge in [0.25, 0.3) is 0 Å². The molecule has 26 heavy (non-hydrogen) atoms. The lowest BCUT2D eigenvalue weighted by atomic mass is 10.1. The normalized spacial score (nSPS) is 9.73. The van der Waals surface area contributed by atoms with Crippen molar-refractivity contribution in [3.63, 3.8) is 0 Å². The number of benzene rings is 2. The van der Waals surface area contributed by atoms with E-state index in [1.54, 1.807) is 54.6 Å². The molecule has 2 aromatic rings. The number of amides is 4. The molecule has 2 rings (SSSR count). The number of urea groups is 2. The number of carbonyl (C=O) groups excluding carboxylic acids is 3. The Balaban J connectivity index is 1.91. The first-order valence-corrected chi connectivity index (χ1v) is 7.93. The first-order chi connectivity index (χ1) is 12.5. The first-order valence-electron chi connectivity index (χ1n) is 7.93. The first kappa shape index (κ1) is 18.7. The lowest BCUT2D eigenvalue weighted by Crippen LogP contribution is -2.28. The number of anilines is 3. The van der Waals surface area contributed by atoms with Crippen molar-refractivity contribution in [1.29, 1.82) is 0 Å². The van der Waals surface area contributed by atoms with E-state index in [2.05, 4.69) is 27.8 Å². The van der Waals surface area contributed by atoms with Crippen LogP contribution in [0.4, 0.5) is 26.7 Å². The molecule has 7 nitrogen and oxygen atoms in total. The summed E-state index contributed by atoms with van der Waals surface area (Å²) in [5.74, 6) is -0.0747. The van der Waals surface area contributed by atoms with E-state index < -0.39 is 6.03 Å². The molecule has 4 N–H and O–H groups in total. The van der Waals surface area contributed by atoms with Crippen molar-refractivity contribution in [3.8, 4) is 0 Å². The highest BCUT2D eigenvalue weighted by Crippen LogP contribution is 2.15. The fourth-order valence-electron chi connectivity index (χ4n) is 2.09. The average molecular weight is 352 g/mol. The monoisotopic (exact) mass is 352 g/mol. The maximum Gasteiger partial charge on any atom is 0.323 e. The van der Waals surface area contributed by atoms with Crippen molar-refractivity contribution >= 4 is 34.9 Å². The quantitative estimate of drug-likeness (QED) is 0.469. The summed E-state index contributed by atoms with van der Waals surface area (Å²) < 4.78 is 0. The molecule has 0 unspecified atom stereocenters. The highest BCUT2D eigenvalue weighted by molar-refractivity contribution is 6.01. The summed E-state index contributed by atoms with van der Waals surface area (Å²) >= 11 is 0. The molecule has 0 aliphatic rings. The van der Waals surface area contributed by atoms with Crippen LogP contribution in [0.1, 0.15) is 17.3 Å². The van der Waals surface area contributed by atoms with Gasteiger partial charge in [-0.15, -0.1) is 6.58 Å². The molecule has 0 saturated carbocycles. The van der Waals surface area contributed by atoms with Crippen molar-refractivity contribution < 1.29 is 14.4 Å². The molecule has 0 fully saturated rings. The van der Waals surface area contributed by atoms with Crippen LogP contribution in [0.3, 0.4) is 0 Å². The van der Waals surface area contributed by atoms with Crippen LogP contribution in [0.15, 0.2) is 61.2 Å². The second kappa shape index (κ2) is 9.03. The minimum Gasteiger partial charge on any atom is -0.334 e. The molecule has 4 amide bonds. The van der Waals surface area contributed by atoms with E-state index in [0.29, 0.717) is 29.2 Å². The highest BCUT2D eigenvalue weighted by Gasteiger charge is 2.06. The Kier molecular flexibility index (Phi) is 6.50. The lowest BCUT2D eigenvalue weighted by Gasteiger charge is -2.10.